The maximum absolute atomic E-state index is 9.65. The van der Waals surface area contributed by atoms with Gasteiger partial charge in [-0.2, -0.15) is 0 Å². The van der Waals surface area contributed by atoms with E-state index in [1.807, 2.05) is 12.1 Å². The topological polar surface area (TPSA) is 3.24 Å². The molecule has 0 radical (unpaired) electrons. The zero-order chi connectivity index (χ0) is 38.0. The summed E-state index contributed by atoms with van der Waals surface area (Å²) >= 11 is 0. The van der Waals surface area contributed by atoms with Gasteiger partial charge in [0, 0.05) is 22.5 Å². The van der Waals surface area contributed by atoms with Crippen molar-refractivity contribution in [2.75, 3.05) is 4.90 Å². The molecule has 1 aliphatic rings. The predicted molar refractivity (Wildman–Crippen MR) is 232 cm³/mol. The highest BCUT2D eigenvalue weighted by molar-refractivity contribution is 6.22. The van der Waals surface area contributed by atoms with Crippen LogP contribution in [0.3, 0.4) is 0 Å². The lowest BCUT2D eigenvalue weighted by molar-refractivity contribution is 0.660. The van der Waals surface area contributed by atoms with E-state index in [-0.39, 0.29) is 17.5 Å². The molecule has 0 saturated heterocycles. The third-order valence-corrected chi connectivity index (χ3v) is 11.3. The molecule has 0 bridgehead atoms. The molecule has 0 N–H and O–H groups in total. The second-order valence-electron chi connectivity index (χ2n) is 14.8. The highest BCUT2D eigenvalue weighted by atomic mass is 15.1. The van der Waals surface area contributed by atoms with Crippen molar-refractivity contribution in [2.24, 2.45) is 0 Å². The van der Waals surface area contributed by atoms with Crippen LogP contribution in [0.25, 0.3) is 66.7 Å². The van der Waals surface area contributed by atoms with Crippen molar-refractivity contribution >= 4 is 61.5 Å². The number of para-hydroxylation sites is 2. The van der Waals surface area contributed by atoms with Crippen LogP contribution in [-0.2, 0) is 5.41 Å². The molecule has 0 amide bonds. The van der Waals surface area contributed by atoms with Crippen LogP contribution in [0.2, 0.25) is 0 Å². The van der Waals surface area contributed by atoms with Crippen LogP contribution < -0.4 is 4.90 Å². The van der Waals surface area contributed by atoms with E-state index < -0.39 is 0 Å². The van der Waals surface area contributed by atoms with Crippen LogP contribution in [0, 0.1) is 0 Å². The van der Waals surface area contributed by atoms with Gasteiger partial charge in [-0.05, 0) is 125 Å². The van der Waals surface area contributed by atoms with Crippen molar-refractivity contribution in [3.63, 3.8) is 0 Å². The highest BCUT2D eigenvalue weighted by Crippen LogP contribution is 2.51. The minimum atomic E-state index is -0.316. The van der Waals surface area contributed by atoms with Gasteiger partial charge in [0.25, 0.3) is 0 Å². The molecule has 256 valence electrons. The summed E-state index contributed by atoms with van der Waals surface area (Å²) in [7, 11) is 0. The molecule has 0 aliphatic heterocycles. The van der Waals surface area contributed by atoms with E-state index in [0.717, 1.165) is 55.1 Å². The average Bonchev–Trinajstić information content (AvgIpc) is 3.48. The summed E-state index contributed by atoms with van der Waals surface area (Å²) in [5.41, 5.74) is 11.7. The van der Waals surface area contributed by atoms with E-state index in [4.69, 9.17) is 0 Å². The first-order valence-electron chi connectivity index (χ1n) is 19.7. The summed E-state index contributed by atoms with van der Waals surface area (Å²) < 4.78 is 19.2. The van der Waals surface area contributed by atoms with Gasteiger partial charge in [0.05, 0.1) is 2.74 Å². The Hall–Kier alpha value is -6.70. The molecule has 0 saturated carbocycles. The van der Waals surface area contributed by atoms with Gasteiger partial charge in [0.15, 0.2) is 0 Å². The Morgan fingerprint density at radius 2 is 0.926 bits per heavy atom. The van der Waals surface area contributed by atoms with Gasteiger partial charge in [-0.1, -0.05) is 165 Å². The van der Waals surface area contributed by atoms with Crippen molar-refractivity contribution in [2.45, 2.75) is 19.3 Å². The monoisotopic (exact) mass is 691 g/mol. The summed E-state index contributed by atoms with van der Waals surface area (Å²) in [5, 5.41) is 6.62. The van der Waals surface area contributed by atoms with E-state index >= 15 is 0 Å². The molecular formula is C53H39N. The SMILES string of the molecule is [2H]/C(=C(/[2H])c1cc2c3ccccc3c(-c3ccccc3)cc2c2ccccc12)c1ccc2c(c1)C(C)(C)c1cc(N(c3ccccc3)c3ccccc3)ccc1-2. The fourth-order valence-corrected chi connectivity index (χ4v) is 8.59. The second kappa shape index (κ2) is 12.8. The molecule has 9 aromatic carbocycles. The Labute approximate surface area is 319 Å². The highest BCUT2D eigenvalue weighted by Gasteiger charge is 2.36. The van der Waals surface area contributed by atoms with Crippen molar-refractivity contribution in [3.8, 4) is 22.3 Å². The van der Waals surface area contributed by atoms with E-state index in [1.165, 1.54) is 38.8 Å². The first-order chi connectivity index (χ1) is 27.4. The Balaban J connectivity index is 1.09. The molecule has 1 aliphatic carbocycles. The fraction of sp³-hybridized carbons (Fsp3) is 0.0566. The number of rotatable bonds is 6. The van der Waals surface area contributed by atoms with Crippen molar-refractivity contribution in [1.29, 1.82) is 0 Å². The molecule has 1 nitrogen and oxygen atoms in total. The van der Waals surface area contributed by atoms with Gasteiger partial charge in [0.1, 0.15) is 0 Å². The Bertz CT molecular complexity index is 2960. The Morgan fingerprint density at radius 1 is 0.407 bits per heavy atom. The fourth-order valence-electron chi connectivity index (χ4n) is 8.59. The van der Waals surface area contributed by atoms with E-state index in [0.29, 0.717) is 0 Å². The number of hydrogen-bond donors (Lipinski definition) is 0. The molecule has 0 fully saturated rings. The smallest absolute Gasteiger partial charge is 0.0629 e. The predicted octanol–water partition coefficient (Wildman–Crippen LogP) is 14.8. The summed E-state index contributed by atoms with van der Waals surface area (Å²) in [4.78, 5) is 2.31. The van der Waals surface area contributed by atoms with Crippen LogP contribution in [0.1, 0.15) is 38.8 Å². The normalized spacial score (nSPS) is 14.0. The molecular weight excluding hydrogens is 651 g/mol. The second-order valence-corrected chi connectivity index (χ2v) is 14.8. The number of anilines is 3. The summed E-state index contributed by atoms with van der Waals surface area (Å²) in [6, 6.07) is 66.5. The minimum Gasteiger partial charge on any atom is -0.310 e. The zero-order valence-corrected chi connectivity index (χ0v) is 30.3. The molecule has 10 rings (SSSR count). The Kier molecular flexibility index (Phi) is 7.05. The third-order valence-electron chi connectivity index (χ3n) is 11.3. The Morgan fingerprint density at radius 3 is 1.59 bits per heavy atom. The summed E-state index contributed by atoms with van der Waals surface area (Å²) in [5.74, 6) is 0. The summed E-state index contributed by atoms with van der Waals surface area (Å²) in [6.07, 6.45) is 0. The van der Waals surface area contributed by atoms with Gasteiger partial charge < -0.3 is 4.90 Å². The maximum Gasteiger partial charge on any atom is 0.0629 e. The lowest BCUT2D eigenvalue weighted by atomic mass is 9.81. The molecule has 0 spiro atoms. The largest absolute Gasteiger partial charge is 0.310 e. The molecule has 0 unspecified atom stereocenters. The van der Waals surface area contributed by atoms with Gasteiger partial charge in [0.2, 0.25) is 0 Å². The van der Waals surface area contributed by atoms with Crippen LogP contribution >= 0.6 is 0 Å². The lowest BCUT2D eigenvalue weighted by Crippen LogP contribution is -2.16. The van der Waals surface area contributed by atoms with Gasteiger partial charge in [-0.25, -0.2) is 0 Å². The number of benzene rings is 9. The number of fused-ring (bicyclic) bond motifs is 8. The lowest BCUT2D eigenvalue weighted by Gasteiger charge is -2.28. The van der Waals surface area contributed by atoms with E-state index in [2.05, 4.69) is 195 Å². The molecule has 0 heterocycles. The van der Waals surface area contributed by atoms with E-state index in [1.54, 1.807) is 0 Å². The third kappa shape index (κ3) is 5.24. The maximum atomic E-state index is 9.65. The zero-order valence-electron chi connectivity index (χ0n) is 32.3. The molecule has 54 heavy (non-hydrogen) atoms. The van der Waals surface area contributed by atoms with Crippen LogP contribution in [0.5, 0.6) is 0 Å². The summed E-state index contributed by atoms with van der Waals surface area (Å²) in [6.45, 7) is 4.56. The quantitative estimate of drug-likeness (QED) is 0.124. The average molecular weight is 692 g/mol. The molecule has 0 atom stereocenters. The van der Waals surface area contributed by atoms with Crippen LogP contribution in [0.15, 0.2) is 188 Å². The van der Waals surface area contributed by atoms with Crippen LogP contribution in [-0.4, -0.2) is 0 Å². The first kappa shape index (κ1) is 29.8. The van der Waals surface area contributed by atoms with Gasteiger partial charge >= 0.3 is 0 Å². The molecule has 1 heteroatoms. The van der Waals surface area contributed by atoms with Crippen molar-refractivity contribution in [3.05, 3.63) is 210 Å². The molecule has 9 aromatic rings. The first-order valence-corrected chi connectivity index (χ1v) is 18.7. The van der Waals surface area contributed by atoms with Gasteiger partial charge in [-0.3, -0.25) is 0 Å². The molecule has 0 aromatic heterocycles. The minimum absolute atomic E-state index is 0.217. The number of nitrogens with zero attached hydrogens (tertiary/aromatic N) is 1. The van der Waals surface area contributed by atoms with Crippen molar-refractivity contribution in [1.82, 2.24) is 0 Å². The van der Waals surface area contributed by atoms with Crippen molar-refractivity contribution < 1.29 is 2.74 Å². The van der Waals surface area contributed by atoms with Crippen LogP contribution in [0.4, 0.5) is 17.1 Å². The van der Waals surface area contributed by atoms with Gasteiger partial charge in [-0.15, -0.1) is 0 Å². The standard InChI is InChI=1S/C53H39N/c1-53(2)51-32-36(27-30-46(51)47-31-29-41(34-52(47)53)54(39-18-8-4-9-19-39)40-20-10-5-11-21-40)26-28-38-33-49-45-25-15-14-24-44(45)48(37-16-6-3-7-17-37)35-50(49)43-23-13-12-22-42(38)43/h3-35H,1-2H3/b28-26+/i26D,28D. The number of hydrogen-bond acceptors (Lipinski definition) is 1. The van der Waals surface area contributed by atoms with E-state index in [9.17, 15) is 2.74 Å².